The topological polar surface area (TPSA) is 136 Å². The fraction of sp³-hybridized carbons (Fsp3) is 0.429. The van der Waals surface area contributed by atoms with Crippen molar-refractivity contribution in [3.05, 3.63) is 74.1 Å². The first-order valence-electron chi connectivity index (χ1n) is 13.1. The third kappa shape index (κ3) is 3.61. The van der Waals surface area contributed by atoms with Crippen molar-refractivity contribution >= 4 is 34.2 Å². The largest absolute Gasteiger partial charge is 0.476 e. The van der Waals surface area contributed by atoms with Gasteiger partial charge in [-0.15, -0.1) is 0 Å². The molecular weight excluding hydrogens is 520 g/mol. The fourth-order valence-corrected chi connectivity index (χ4v) is 6.74. The Labute approximate surface area is 228 Å². The molecule has 1 atom stereocenters. The molecule has 39 heavy (non-hydrogen) atoms. The molecule has 4 aromatic rings. The van der Waals surface area contributed by atoms with Gasteiger partial charge in [0.1, 0.15) is 11.0 Å². The van der Waals surface area contributed by atoms with Gasteiger partial charge < -0.3 is 14.9 Å². The summed E-state index contributed by atoms with van der Waals surface area (Å²) in [4.78, 5) is 39.2. The summed E-state index contributed by atoms with van der Waals surface area (Å²) in [5.41, 5.74) is 2.09. The number of anilines is 1. The summed E-state index contributed by atoms with van der Waals surface area (Å²) in [6, 6.07) is 6.62. The number of nitrogens with zero attached hydrogens (tertiary/aromatic N) is 5. The van der Waals surface area contributed by atoms with Gasteiger partial charge in [0.05, 0.1) is 28.0 Å². The number of carboxylic acid groups (broad SMARTS) is 1. The zero-order valence-corrected chi connectivity index (χ0v) is 22.5. The molecule has 1 aromatic carbocycles. The van der Waals surface area contributed by atoms with Crippen LogP contribution in [0, 0.1) is 6.92 Å². The summed E-state index contributed by atoms with van der Waals surface area (Å²) in [6.07, 6.45) is 4.73. The Kier molecular flexibility index (Phi) is 5.05. The molecule has 4 aliphatic carbocycles. The molecule has 3 aromatic heterocycles. The molecule has 11 heteroatoms. The molecule has 2 bridgehead atoms. The van der Waals surface area contributed by atoms with Gasteiger partial charge >= 0.3 is 5.97 Å². The van der Waals surface area contributed by atoms with Crippen LogP contribution in [0.4, 0.5) is 5.69 Å². The van der Waals surface area contributed by atoms with Crippen LogP contribution in [0.3, 0.4) is 0 Å². The van der Waals surface area contributed by atoms with Crippen LogP contribution in [0.15, 0.2) is 33.6 Å². The molecular formula is C28H27ClN6O4. The predicted molar refractivity (Wildman–Crippen MR) is 143 cm³/mol. The summed E-state index contributed by atoms with van der Waals surface area (Å²) in [7, 11) is 1.79. The maximum absolute atomic E-state index is 13.6. The second-order valence-corrected chi connectivity index (χ2v) is 12.0. The number of halogens is 1. The number of pyridine rings is 1. The maximum Gasteiger partial charge on any atom is 0.356 e. The highest BCUT2D eigenvalue weighted by molar-refractivity contribution is 6.29. The lowest BCUT2D eigenvalue weighted by Crippen LogP contribution is -2.68. The zero-order valence-electron chi connectivity index (χ0n) is 21.8. The second-order valence-electron chi connectivity index (χ2n) is 11.6. The van der Waals surface area contributed by atoms with Crippen LogP contribution in [-0.4, -0.2) is 35.8 Å². The molecule has 0 amide bonds. The normalized spacial score (nSPS) is 24.2. The van der Waals surface area contributed by atoms with E-state index in [-0.39, 0.29) is 33.3 Å². The summed E-state index contributed by atoms with van der Waals surface area (Å²) in [5, 5.41) is 17.7. The van der Waals surface area contributed by atoms with Crippen molar-refractivity contribution in [2.24, 2.45) is 7.05 Å². The van der Waals surface area contributed by atoms with Crippen LogP contribution in [0.2, 0.25) is 5.15 Å². The van der Waals surface area contributed by atoms with Crippen LogP contribution >= 0.6 is 11.6 Å². The highest BCUT2D eigenvalue weighted by Crippen LogP contribution is 2.73. The van der Waals surface area contributed by atoms with Crippen molar-refractivity contribution < 1.29 is 14.4 Å². The number of carboxylic acids is 1. The number of benzene rings is 1. The minimum absolute atomic E-state index is 0.0980. The first-order valence-corrected chi connectivity index (χ1v) is 13.5. The quantitative estimate of drug-likeness (QED) is 0.313. The van der Waals surface area contributed by atoms with E-state index >= 15 is 0 Å². The molecule has 3 heterocycles. The van der Waals surface area contributed by atoms with Gasteiger partial charge in [0, 0.05) is 23.9 Å². The van der Waals surface area contributed by atoms with Gasteiger partial charge in [-0.05, 0) is 69.7 Å². The molecule has 4 aliphatic rings. The molecule has 200 valence electrons. The zero-order chi connectivity index (χ0) is 27.3. The number of hydrogen-bond donors (Lipinski definition) is 2. The third-order valence-electron chi connectivity index (χ3n) is 8.60. The Morgan fingerprint density at radius 1 is 1.18 bits per heavy atom. The van der Waals surface area contributed by atoms with E-state index in [9.17, 15) is 14.7 Å². The minimum atomic E-state index is -1.18. The van der Waals surface area contributed by atoms with E-state index in [1.807, 2.05) is 26.0 Å². The molecule has 0 unspecified atom stereocenters. The summed E-state index contributed by atoms with van der Waals surface area (Å²) >= 11 is 5.93. The highest BCUT2D eigenvalue weighted by Gasteiger charge is 2.73. The van der Waals surface area contributed by atoms with Gasteiger partial charge in [0.25, 0.3) is 5.56 Å². The Hall–Kier alpha value is -3.79. The molecule has 8 rings (SSSR count). The molecule has 4 saturated carbocycles. The SMILES string of the molecule is Cc1cc([C@@H](C)Nc2ccc(Cl)nc2C(=O)O)c2nc(C34CC(c5nc(C6CC6)no5)(C3)C4)n(C)c(=O)c2c1. The van der Waals surface area contributed by atoms with E-state index in [1.165, 1.54) is 0 Å². The van der Waals surface area contributed by atoms with Gasteiger partial charge in [-0.3, -0.25) is 9.36 Å². The van der Waals surface area contributed by atoms with E-state index in [0.717, 1.165) is 60.8 Å². The number of carbonyl (C=O) groups is 1. The predicted octanol–water partition coefficient (Wildman–Crippen LogP) is 4.80. The highest BCUT2D eigenvalue weighted by atomic mass is 35.5. The monoisotopic (exact) mass is 546 g/mol. The lowest BCUT2D eigenvalue weighted by molar-refractivity contribution is -0.0966. The summed E-state index contributed by atoms with van der Waals surface area (Å²) < 4.78 is 7.34. The maximum atomic E-state index is 13.6. The number of rotatable bonds is 7. The number of aromatic nitrogens is 5. The lowest BCUT2D eigenvalue weighted by Gasteiger charge is -2.68. The van der Waals surface area contributed by atoms with Crippen LogP contribution in [0.1, 0.15) is 90.1 Å². The van der Waals surface area contributed by atoms with Gasteiger partial charge in [-0.25, -0.2) is 14.8 Å². The minimum Gasteiger partial charge on any atom is -0.476 e. The van der Waals surface area contributed by atoms with Crippen molar-refractivity contribution in [2.45, 2.75) is 68.7 Å². The van der Waals surface area contributed by atoms with Crippen molar-refractivity contribution in [3.8, 4) is 0 Å². The first kappa shape index (κ1) is 24.3. The number of aryl methyl sites for hydroxylation is 1. The molecule has 2 N–H and O–H groups in total. The average Bonchev–Trinajstić information content (AvgIpc) is 3.59. The van der Waals surface area contributed by atoms with E-state index in [4.69, 9.17) is 26.1 Å². The third-order valence-corrected chi connectivity index (χ3v) is 8.81. The van der Waals surface area contributed by atoms with Crippen LogP contribution in [0.5, 0.6) is 0 Å². The van der Waals surface area contributed by atoms with Crippen LogP contribution < -0.4 is 10.9 Å². The van der Waals surface area contributed by atoms with E-state index in [1.54, 1.807) is 23.7 Å². The second kappa shape index (κ2) is 8.11. The van der Waals surface area contributed by atoms with Crippen molar-refractivity contribution in [1.29, 1.82) is 0 Å². The standard InChI is InChI=1S/C28H27ClN6O4/c1-13-8-16(14(2)30-18-6-7-19(29)31-21(18)24(37)38)20-17(9-13)23(36)35(3)25(32-20)27-10-28(11-27,12-27)26-33-22(34-39-26)15-4-5-15/h6-9,14-15,30H,4-5,10-12H2,1-3H3,(H,37,38)/t14-,27?,28?/m1/s1. The van der Waals surface area contributed by atoms with Gasteiger partial charge in [0.2, 0.25) is 5.89 Å². The van der Waals surface area contributed by atoms with Gasteiger partial charge in [-0.1, -0.05) is 22.8 Å². The number of nitrogens with one attached hydrogen (secondary N) is 1. The molecule has 10 nitrogen and oxygen atoms in total. The summed E-state index contributed by atoms with van der Waals surface area (Å²) in [5.74, 6) is 1.57. The van der Waals surface area contributed by atoms with Crippen molar-refractivity contribution in [3.63, 3.8) is 0 Å². The number of hydrogen-bond acceptors (Lipinski definition) is 8. The fourth-order valence-electron chi connectivity index (χ4n) is 6.59. The molecule has 0 saturated heterocycles. The van der Waals surface area contributed by atoms with Crippen molar-refractivity contribution in [1.82, 2.24) is 24.7 Å². The number of aromatic carboxylic acids is 1. The van der Waals surface area contributed by atoms with Gasteiger partial charge in [0.15, 0.2) is 11.5 Å². The van der Waals surface area contributed by atoms with Crippen LogP contribution in [0.25, 0.3) is 10.9 Å². The molecule has 0 aliphatic heterocycles. The lowest BCUT2D eigenvalue weighted by atomic mass is 9.34. The van der Waals surface area contributed by atoms with E-state index in [0.29, 0.717) is 22.5 Å². The van der Waals surface area contributed by atoms with Crippen molar-refractivity contribution in [2.75, 3.05) is 5.32 Å². The molecule has 4 fully saturated rings. The van der Waals surface area contributed by atoms with E-state index < -0.39 is 5.97 Å². The van der Waals surface area contributed by atoms with Crippen LogP contribution in [-0.2, 0) is 17.9 Å². The molecule has 0 spiro atoms. The molecule has 0 radical (unpaired) electrons. The Bertz CT molecular complexity index is 1740. The number of fused-ring (bicyclic) bond motifs is 1. The Morgan fingerprint density at radius 3 is 2.62 bits per heavy atom. The van der Waals surface area contributed by atoms with Gasteiger partial charge in [-0.2, -0.15) is 4.98 Å². The first-order chi connectivity index (χ1) is 18.6. The summed E-state index contributed by atoms with van der Waals surface area (Å²) in [6.45, 7) is 3.84. The Balaban J connectivity index is 1.25. The smallest absolute Gasteiger partial charge is 0.356 e. The van der Waals surface area contributed by atoms with E-state index in [2.05, 4.69) is 15.5 Å². The average molecular weight is 547 g/mol. The Morgan fingerprint density at radius 2 is 1.92 bits per heavy atom.